The van der Waals surface area contributed by atoms with Crippen molar-refractivity contribution in [3.8, 4) is 17.0 Å². The number of aromatic nitrogens is 3. The van der Waals surface area contributed by atoms with Gasteiger partial charge in [0.05, 0.1) is 11.2 Å². The van der Waals surface area contributed by atoms with Crippen molar-refractivity contribution in [3.05, 3.63) is 42.5 Å². The largest absolute Gasteiger partial charge is 0.505 e. The van der Waals surface area contributed by atoms with Crippen LogP contribution < -0.4 is 10.6 Å². The molecule has 8 heteroatoms. The number of hydrogen-bond acceptors (Lipinski definition) is 6. The smallest absolute Gasteiger partial charge is 0.165 e. The third-order valence-electron chi connectivity index (χ3n) is 4.66. The number of nitrogens with zero attached hydrogens (tertiary/aromatic N) is 3. The van der Waals surface area contributed by atoms with E-state index in [0.29, 0.717) is 34.0 Å². The van der Waals surface area contributed by atoms with Gasteiger partial charge in [0.15, 0.2) is 17.4 Å². The van der Waals surface area contributed by atoms with Crippen LogP contribution in [0.2, 0.25) is 0 Å². The van der Waals surface area contributed by atoms with Gasteiger partial charge < -0.3 is 15.7 Å². The van der Waals surface area contributed by atoms with E-state index in [1.807, 2.05) is 0 Å². The van der Waals surface area contributed by atoms with Crippen molar-refractivity contribution in [2.45, 2.75) is 12.8 Å². The van der Waals surface area contributed by atoms with E-state index in [-0.39, 0.29) is 19.2 Å². The van der Waals surface area contributed by atoms with E-state index in [1.165, 1.54) is 25.0 Å². The molecule has 2 aromatic heterocycles. The molecule has 6 nitrogen and oxygen atoms in total. The predicted molar refractivity (Wildman–Crippen MR) is 109 cm³/mol. The number of phenolic OH excluding ortho intramolecular Hbond substituents is 1. The lowest BCUT2D eigenvalue weighted by molar-refractivity contribution is 0.392. The molecule has 1 aliphatic heterocycles. The Balaban J connectivity index is 0.00000210. The minimum absolute atomic E-state index is 0. The maximum Gasteiger partial charge on any atom is 0.165 e. The Bertz CT molecular complexity index is 933. The zero-order valence-corrected chi connectivity index (χ0v) is 15.7. The molecule has 3 heterocycles. The first kappa shape index (κ1) is 19.3. The summed E-state index contributed by atoms with van der Waals surface area (Å²) in [6, 6.07) is 6.02. The van der Waals surface area contributed by atoms with Crippen LogP contribution in [0.3, 0.4) is 0 Å². The number of anilines is 1. The molecule has 0 aliphatic carbocycles. The number of fused-ring (bicyclic) bond motifs is 1. The fourth-order valence-electron chi connectivity index (χ4n) is 3.25. The Morgan fingerprint density at radius 1 is 1.22 bits per heavy atom. The highest BCUT2D eigenvalue weighted by Crippen LogP contribution is 2.28. The molecule has 1 aliphatic rings. The second-order valence-electron chi connectivity index (χ2n) is 6.54. The number of aromatic hydroxyl groups is 1. The number of benzene rings is 1. The lowest BCUT2D eigenvalue weighted by atomic mass is 10.00. The standard InChI is InChI=1S/C19H20FN5O.H2S/c20-14-8-13(3-4-17(14)26)15-9-16-18(23-7-6-22-16)19(25-15)24-11-12-2-1-5-21-10-12;/h3-4,6-9,12,21,26H,1-2,5,10-11H2,(H,24,25);1H2/t12-;/m0./s1. The predicted octanol–water partition coefficient (Wildman–Crippen LogP) is 3.06. The van der Waals surface area contributed by atoms with Gasteiger partial charge in [-0.05, 0) is 56.1 Å². The number of hydrogen-bond donors (Lipinski definition) is 3. The fraction of sp³-hybridized carbons (Fsp3) is 0.316. The van der Waals surface area contributed by atoms with E-state index >= 15 is 0 Å². The summed E-state index contributed by atoms with van der Waals surface area (Å²) in [4.78, 5) is 13.4. The molecule has 0 amide bonds. The van der Waals surface area contributed by atoms with E-state index < -0.39 is 5.82 Å². The first-order valence-electron chi connectivity index (χ1n) is 8.76. The van der Waals surface area contributed by atoms with Crippen molar-refractivity contribution < 1.29 is 9.50 Å². The summed E-state index contributed by atoms with van der Waals surface area (Å²) in [5.41, 5.74) is 2.55. The molecule has 3 aromatic rings. The topological polar surface area (TPSA) is 83.0 Å². The summed E-state index contributed by atoms with van der Waals surface area (Å²) in [5.74, 6) is 0.125. The summed E-state index contributed by atoms with van der Waals surface area (Å²) in [5, 5.41) is 16.2. The number of rotatable bonds is 4. The minimum atomic E-state index is -0.675. The van der Waals surface area contributed by atoms with E-state index in [1.54, 1.807) is 24.5 Å². The van der Waals surface area contributed by atoms with Gasteiger partial charge >= 0.3 is 0 Å². The summed E-state index contributed by atoms with van der Waals surface area (Å²) >= 11 is 0. The first-order valence-corrected chi connectivity index (χ1v) is 8.76. The van der Waals surface area contributed by atoms with E-state index in [0.717, 1.165) is 19.6 Å². The molecule has 4 rings (SSSR count). The Hall–Kier alpha value is -2.45. The van der Waals surface area contributed by atoms with Crippen LogP contribution in [0.25, 0.3) is 22.3 Å². The number of halogens is 1. The van der Waals surface area contributed by atoms with Crippen LogP contribution in [0.4, 0.5) is 10.2 Å². The van der Waals surface area contributed by atoms with Gasteiger partial charge in [0, 0.05) is 24.5 Å². The van der Waals surface area contributed by atoms with Gasteiger partial charge in [0.25, 0.3) is 0 Å². The van der Waals surface area contributed by atoms with Gasteiger partial charge in [-0.2, -0.15) is 13.5 Å². The number of nitrogens with one attached hydrogen (secondary N) is 2. The van der Waals surface area contributed by atoms with Gasteiger partial charge in [0.1, 0.15) is 5.52 Å². The molecular formula is C19H22FN5OS. The van der Waals surface area contributed by atoms with Gasteiger partial charge in [-0.3, -0.25) is 4.98 Å². The van der Waals surface area contributed by atoms with Crippen molar-refractivity contribution >= 4 is 30.3 Å². The summed E-state index contributed by atoms with van der Waals surface area (Å²) in [7, 11) is 0. The minimum Gasteiger partial charge on any atom is -0.505 e. The van der Waals surface area contributed by atoms with Crippen LogP contribution in [-0.2, 0) is 0 Å². The second-order valence-corrected chi connectivity index (χ2v) is 6.54. The second kappa shape index (κ2) is 8.49. The van der Waals surface area contributed by atoms with Crippen LogP contribution in [-0.4, -0.2) is 39.7 Å². The molecule has 27 heavy (non-hydrogen) atoms. The molecule has 0 bridgehead atoms. The monoisotopic (exact) mass is 387 g/mol. The summed E-state index contributed by atoms with van der Waals surface area (Å²) in [6.07, 6.45) is 5.61. The molecule has 0 unspecified atom stereocenters. The maximum absolute atomic E-state index is 13.7. The van der Waals surface area contributed by atoms with Crippen LogP contribution in [0.15, 0.2) is 36.7 Å². The molecular weight excluding hydrogens is 365 g/mol. The number of phenols is 1. The molecule has 3 N–H and O–H groups in total. The van der Waals surface area contributed by atoms with Gasteiger partial charge in [-0.25, -0.2) is 14.4 Å². The van der Waals surface area contributed by atoms with E-state index in [2.05, 4.69) is 25.6 Å². The lowest BCUT2D eigenvalue weighted by Gasteiger charge is -2.23. The molecule has 1 saturated heterocycles. The Morgan fingerprint density at radius 2 is 2.07 bits per heavy atom. The maximum atomic E-state index is 13.7. The van der Waals surface area contributed by atoms with Gasteiger partial charge in [-0.1, -0.05) is 0 Å². The Kier molecular flexibility index (Phi) is 6.08. The lowest BCUT2D eigenvalue weighted by Crippen LogP contribution is -2.33. The third-order valence-corrected chi connectivity index (χ3v) is 4.66. The number of piperidine rings is 1. The van der Waals surface area contributed by atoms with E-state index in [4.69, 9.17) is 0 Å². The van der Waals surface area contributed by atoms with E-state index in [9.17, 15) is 9.50 Å². The molecule has 0 spiro atoms. The molecule has 1 fully saturated rings. The average molecular weight is 387 g/mol. The van der Waals surface area contributed by atoms with Gasteiger partial charge in [-0.15, -0.1) is 0 Å². The van der Waals surface area contributed by atoms with Crippen molar-refractivity contribution in [1.82, 2.24) is 20.3 Å². The van der Waals surface area contributed by atoms with Crippen molar-refractivity contribution in [2.75, 3.05) is 25.0 Å². The van der Waals surface area contributed by atoms with Crippen molar-refractivity contribution in [3.63, 3.8) is 0 Å². The van der Waals surface area contributed by atoms with Crippen LogP contribution >= 0.6 is 13.5 Å². The van der Waals surface area contributed by atoms with Crippen molar-refractivity contribution in [2.24, 2.45) is 5.92 Å². The zero-order chi connectivity index (χ0) is 17.9. The Labute approximate surface area is 163 Å². The third kappa shape index (κ3) is 4.28. The highest BCUT2D eigenvalue weighted by molar-refractivity contribution is 7.59. The molecule has 142 valence electrons. The van der Waals surface area contributed by atoms with Crippen LogP contribution in [0.5, 0.6) is 5.75 Å². The first-order chi connectivity index (χ1) is 12.7. The average Bonchev–Trinajstić information content (AvgIpc) is 2.69. The molecule has 0 saturated carbocycles. The normalized spacial score (nSPS) is 16.7. The van der Waals surface area contributed by atoms with Crippen LogP contribution in [0, 0.1) is 11.7 Å². The molecule has 1 aromatic carbocycles. The fourth-order valence-corrected chi connectivity index (χ4v) is 3.25. The van der Waals surface area contributed by atoms with Crippen molar-refractivity contribution in [1.29, 1.82) is 0 Å². The molecule has 0 radical (unpaired) electrons. The molecule has 1 atom stereocenters. The summed E-state index contributed by atoms with van der Waals surface area (Å²) < 4.78 is 13.7. The Morgan fingerprint density at radius 3 is 2.85 bits per heavy atom. The highest BCUT2D eigenvalue weighted by Gasteiger charge is 2.15. The zero-order valence-electron chi connectivity index (χ0n) is 14.7. The SMILES string of the molecule is Oc1ccc(-c2cc3nccnc3c(NC[C@H]3CCCNC3)n2)cc1F.S. The number of pyridine rings is 1. The van der Waals surface area contributed by atoms with Gasteiger partial charge in [0.2, 0.25) is 0 Å². The summed E-state index contributed by atoms with van der Waals surface area (Å²) in [6.45, 7) is 2.85. The van der Waals surface area contributed by atoms with Crippen LogP contribution in [0.1, 0.15) is 12.8 Å². The highest BCUT2D eigenvalue weighted by atomic mass is 32.1. The quantitative estimate of drug-likeness (QED) is 0.638.